The van der Waals surface area contributed by atoms with E-state index in [1.807, 2.05) is 19.9 Å². The predicted molar refractivity (Wildman–Crippen MR) is 107 cm³/mol. The zero-order valence-corrected chi connectivity index (χ0v) is 16.8. The van der Waals surface area contributed by atoms with Crippen LogP contribution in [0.5, 0.6) is 5.75 Å². The molecule has 0 unspecified atom stereocenters. The Bertz CT molecular complexity index is 772. The number of benzene rings is 1. The summed E-state index contributed by atoms with van der Waals surface area (Å²) >= 11 is 0. The molecule has 0 radical (unpaired) electrons. The van der Waals surface area contributed by atoms with Crippen molar-refractivity contribution in [1.29, 1.82) is 0 Å². The number of hydrogen-bond acceptors (Lipinski definition) is 4. The minimum atomic E-state index is 0.0698. The number of oxazole rings is 1. The van der Waals surface area contributed by atoms with E-state index in [9.17, 15) is 0 Å². The molecule has 27 heavy (non-hydrogen) atoms. The normalized spacial score (nSPS) is 16.4. The lowest BCUT2D eigenvalue weighted by Gasteiger charge is -2.32. The molecular formula is C21H30N4O2. The highest BCUT2D eigenvalue weighted by Gasteiger charge is 2.37. The van der Waals surface area contributed by atoms with E-state index < -0.39 is 0 Å². The Labute approximate surface area is 161 Å². The van der Waals surface area contributed by atoms with Gasteiger partial charge in [-0.3, -0.25) is 4.99 Å². The zero-order valence-electron chi connectivity index (χ0n) is 16.8. The van der Waals surface area contributed by atoms with Gasteiger partial charge in [0.15, 0.2) is 5.96 Å². The van der Waals surface area contributed by atoms with Crippen LogP contribution in [0, 0.1) is 13.8 Å². The van der Waals surface area contributed by atoms with Gasteiger partial charge in [0.2, 0.25) is 5.89 Å². The number of ether oxygens (including phenoxy) is 1. The van der Waals surface area contributed by atoms with Gasteiger partial charge in [-0.2, -0.15) is 0 Å². The van der Waals surface area contributed by atoms with Crippen LogP contribution in [0.3, 0.4) is 0 Å². The fourth-order valence-electron chi connectivity index (χ4n) is 3.92. The molecule has 1 aromatic carbocycles. The van der Waals surface area contributed by atoms with Crippen molar-refractivity contribution in [3.63, 3.8) is 0 Å². The van der Waals surface area contributed by atoms with Crippen molar-refractivity contribution in [3.05, 3.63) is 47.2 Å². The van der Waals surface area contributed by atoms with Crippen molar-refractivity contribution < 1.29 is 9.15 Å². The maximum atomic E-state index is 5.64. The van der Waals surface area contributed by atoms with E-state index in [0.29, 0.717) is 12.4 Å². The fourth-order valence-corrected chi connectivity index (χ4v) is 3.92. The average molecular weight is 370 g/mol. The Morgan fingerprint density at radius 1 is 1.22 bits per heavy atom. The van der Waals surface area contributed by atoms with E-state index in [0.717, 1.165) is 42.5 Å². The van der Waals surface area contributed by atoms with Gasteiger partial charge in [-0.05, 0) is 32.8 Å². The van der Waals surface area contributed by atoms with Crippen LogP contribution in [0.15, 0.2) is 33.7 Å². The maximum Gasteiger partial charge on any atom is 0.214 e. The average Bonchev–Trinajstić information content (AvgIpc) is 3.29. The number of nitrogens with one attached hydrogen (secondary N) is 2. The third kappa shape index (κ3) is 4.26. The molecule has 0 aliphatic heterocycles. The summed E-state index contributed by atoms with van der Waals surface area (Å²) in [4.78, 5) is 8.76. The topological polar surface area (TPSA) is 71.7 Å². The molecule has 2 N–H and O–H groups in total. The fraction of sp³-hybridized carbons (Fsp3) is 0.524. The third-order valence-corrected chi connectivity index (χ3v) is 5.54. The lowest BCUT2D eigenvalue weighted by molar-refractivity contribution is 0.371. The van der Waals surface area contributed by atoms with E-state index in [-0.39, 0.29) is 5.41 Å². The molecular weight excluding hydrogens is 340 g/mol. The first-order valence-electron chi connectivity index (χ1n) is 9.59. The van der Waals surface area contributed by atoms with Crippen molar-refractivity contribution in [2.45, 2.75) is 51.5 Å². The molecule has 1 heterocycles. The maximum absolute atomic E-state index is 5.64. The second kappa shape index (κ2) is 8.46. The number of guanidine groups is 1. The van der Waals surface area contributed by atoms with Crippen molar-refractivity contribution in [2.24, 2.45) is 4.99 Å². The smallest absolute Gasteiger partial charge is 0.214 e. The Balaban J connectivity index is 1.67. The molecule has 3 rings (SSSR count). The quantitative estimate of drug-likeness (QED) is 0.602. The van der Waals surface area contributed by atoms with Crippen molar-refractivity contribution >= 4 is 5.96 Å². The molecule has 0 saturated heterocycles. The van der Waals surface area contributed by atoms with Crippen LogP contribution < -0.4 is 15.4 Å². The Hall–Kier alpha value is -2.50. The highest BCUT2D eigenvalue weighted by atomic mass is 16.5. The van der Waals surface area contributed by atoms with Gasteiger partial charge >= 0.3 is 0 Å². The van der Waals surface area contributed by atoms with E-state index in [1.54, 1.807) is 14.2 Å². The van der Waals surface area contributed by atoms with Crippen LogP contribution in [-0.2, 0) is 12.0 Å². The van der Waals surface area contributed by atoms with Gasteiger partial charge < -0.3 is 19.8 Å². The van der Waals surface area contributed by atoms with Crippen molar-refractivity contribution in [2.75, 3.05) is 20.7 Å². The molecule has 1 aliphatic carbocycles. The number of aromatic nitrogens is 1. The lowest BCUT2D eigenvalue weighted by atomic mass is 9.78. The summed E-state index contributed by atoms with van der Waals surface area (Å²) in [6.45, 7) is 5.20. The molecule has 0 atom stereocenters. The van der Waals surface area contributed by atoms with Crippen LogP contribution >= 0.6 is 0 Å². The van der Waals surface area contributed by atoms with Crippen LogP contribution in [-0.4, -0.2) is 31.6 Å². The van der Waals surface area contributed by atoms with Gasteiger partial charge in [-0.15, -0.1) is 0 Å². The summed E-state index contributed by atoms with van der Waals surface area (Å²) in [6, 6.07) is 8.37. The largest absolute Gasteiger partial charge is 0.496 e. The number of aryl methyl sites for hydroxylation is 2. The molecule has 6 heteroatoms. The molecule has 1 fully saturated rings. The van der Waals surface area contributed by atoms with Gasteiger partial charge in [0.1, 0.15) is 11.5 Å². The molecule has 6 nitrogen and oxygen atoms in total. The number of para-hydroxylation sites is 1. The van der Waals surface area contributed by atoms with Gasteiger partial charge in [0.25, 0.3) is 0 Å². The second-order valence-electron chi connectivity index (χ2n) is 7.22. The summed E-state index contributed by atoms with van der Waals surface area (Å²) < 4.78 is 11.3. The minimum Gasteiger partial charge on any atom is -0.496 e. The third-order valence-electron chi connectivity index (χ3n) is 5.54. The molecule has 146 valence electrons. The number of methoxy groups -OCH3 is 1. The van der Waals surface area contributed by atoms with Crippen LogP contribution in [0.2, 0.25) is 0 Å². The van der Waals surface area contributed by atoms with Gasteiger partial charge in [0, 0.05) is 24.6 Å². The molecule has 2 aromatic rings. The molecule has 1 aromatic heterocycles. The first kappa shape index (κ1) is 19.3. The highest BCUT2D eigenvalue weighted by Crippen LogP contribution is 2.44. The molecule has 0 spiro atoms. The standard InChI is InChI=1S/C21H30N4O2/c1-15-16(2)27-19(25-15)13-23-20(22-3)24-14-21(11-7-8-12-21)17-9-5-6-10-18(17)26-4/h5-6,9-10H,7-8,11-14H2,1-4H3,(H2,22,23,24). The summed E-state index contributed by atoms with van der Waals surface area (Å²) in [5.74, 6) is 3.25. The van der Waals surface area contributed by atoms with E-state index >= 15 is 0 Å². The van der Waals surface area contributed by atoms with Crippen LogP contribution in [0.4, 0.5) is 0 Å². The van der Waals surface area contributed by atoms with Crippen molar-refractivity contribution in [1.82, 2.24) is 15.6 Å². The van der Waals surface area contributed by atoms with Gasteiger partial charge in [0.05, 0.1) is 19.3 Å². The highest BCUT2D eigenvalue weighted by molar-refractivity contribution is 5.79. The number of aliphatic imine (C=N–C) groups is 1. The Morgan fingerprint density at radius 2 is 1.96 bits per heavy atom. The SMILES string of the molecule is CN=C(NCc1nc(C)c(C)o1)NCC1(c2ccccc2OC)CCCC1. The first-order chi connectivity index (χ1) is 13.1. The lowest BCUT2D eigenvalue weighted by Crippen LogP contribution is -2.44. The summed E-state index contributed by atoms with van der Waals surface area (Å²) in [5, 5.41) is 6.81. The predicted octanol–water partition coefficient (Wildman–Crippen LogP) is 3.48. The Morgan fingerprint density at radius 3 is 2.59 bits per heavy atom. The van der Waals surface area contributed by atoms with Crippen LogP contribution in [0.1, 0.15) is 48.6 Å². The first-order valence-corrected chi connectivity index (χ1v) is 9.59. The Kier molecular flexibility index (Phi) is 6.04. The van der Waals surface area contributed by atoms with E-state index in [4.69, 9.17) is 9.15 Å². The molecule has 1 saturated carbocycles. The number of nitrogens with zero attached hydrogens (tertiary/aromatic N) is 2. The second-order valence-corrected chi connectivity index (χ2v) is 7.22. The van der Waals surface area contributed by atoms with Crippen LogP contribution in [0.25, 0.3) is 0 Å². The molecule has 1 aliphatic rings. The van der Waals surface area contributed by atoms with Gasteiger partial charge in [-0.1, -0.05) is 31.0 Å². The van der Waals surface area contributed by atoms with Gasteiger partial charge in [-0.25, -0.2) is 4.98 Å². The van der Waals surface area contributed by atoms with Crippen molar-refractivity contribution in [3.8, 4) is 5.75 Å². The zero-order chi connectivity index (χ0) is 19.3. The monoisotopic (exact) mass is 370 g/mol. The summed E-state index contributed by atoms with van der Waals surface area (Å²) in [6.07, 6.45) is 4.77. The number of rotatable bonds is 6. The molecule has 0 bridgehead atoms. The summed E-state index contributed by atoms with van der Waals surface area (Å²) in [5.41, 5.74) is 2.28. The molecule has 0 amide bonds. The van der Waals surface area contributed by atoms with E-state index in [2.05, 4.69) is 38.8 Å². The van der Waals surface area contributed by atoms with E-state index in [1.165, 1.54) is 18.4 Å². The minimum absolute atomic E-state index is 0.0698. The number of hydrogen-bond donors (Lipinski definition) is 2. The summed E-state index contributed by atoms with van der Waals surface area (Å²) in [7, 11) is 3.53.